The van der Waals surface area contributed by atoms with Gasteiger partial charge in [-0.25, -0.2) is 9.37 Å². The Bertz CT molecular complexity index is 1680. The van der Waals surface area contributed by atoms with E-state index in [0.29, 0.717) is 28.9 Å². The standard InChI is InChI=1S/C28H26FN7O2/c1-35-11-19(31-15-35)14-38-28-33-26-23(27(34-28)36-12-17-6-7-18(13-36)32-17)10-30-25(24(26)29)22-9-20(37)8-16-4-2-3-5-21(16)22/h2-5,8-11,15,17-18,32,37H,6-7,12-14H2,1H3. The highest BCUT2D eigenvalue weighted by Crippen LogP contribution is 2.37. The number of aryl methyl sites for hydroxylation is 1. The molecule has 38 heavy (non-hydrogen) atoms. The molecule has 2 bridgehead atoms. The number of aromatic hydroxyl groups is 1. The first-order valence-electron chi connectivity index (χ1n) is 12.7. The number of imidazole rings is 1. The number of pyridine rings is 1. The van der Waals surface area contributed by atoms with E-state index in [1.54, 1.807) is 18.6 Å². The van der Waals surface area contributed by atoms with Gasteiger partial charge >= 0.3 is 6.01 Å². The number of halogens is 1. The van der Waals surface area contributed by atoms with Gasteiger partial charge in [0, 0.05) is 50.2 Å². The van der Waals surface area contributed by atoms with Gasteiger partial charge in [0.2, 0.25) is 0 Å². The number of rotatable bonds is 5. The highest BCUT2D eigenvalue weighted by Gasteiger charge is 2.34. The number of nitrogens with one attached hydrogen (secondary N) is 1. The van der Waals surface area contributed by atoms with Gasteiger partial charge in [-0.05, 0) is 35.7 Å². The Hall–Kier alpha value is -4.31. The Balaban J connectivity index is 1.37. The number of phenols is 1. The second-order valence-electron chi connectivity index (χ2n) is 10.1. The fraction of sp³-hybridized carbons (Fsp3) is 0.286. The zero-order valence-corrected chi connectivity index (χ0v) is 20.8. The molecule has 192 valence electrons. The zero-order chi connectivity index (χ0) is 25.8. The molecular weight excluding hydrogens is 485 g/mol. The van der Waals surface area contributed by atoms with E-state index in [0.717, 1.165) is 42.4 Å². The van der Waals surface area contributed by atoms with Crippen LogP contribution in [0.3, 0.4) is 0 Å². The number of phenolic OH excluding ortho intramolecular Hbond substituents is 1. The van der Waals surface area contributed by atoms with Crippen LogP contribution in [0.2, 0.25) is 0 Å². The molecule has 2 N–H and O–H groups in total. The summed E-state index contributed by atoms with van der Waals surface area (Å²) in [6.45, 7) is 1.70. The molecular formula is C28H26FN7O2. The van der Waals surface area contributed by atoms with Crippen molar-refractivity contribution in [3.8, 4) is 23.0 Å². The average molecular weight is 512 g/mol. The number of anilines is 1. The van der Waals surface area contributed by atoms with Crippen molar-refractivity contribution < 1.29 is 14.2 Å². The maximum atomic E-state index is 16.3. The Kier molecular flexibility index (Phi) is 5.36. The lowest BCUT2D eigenvalue weighted by Crippen LogP contribution is -2.51. The van der Waals surface area contributed by atoms with E-state index in [1.165, 1.54) is 6.07 Å². The molecule has 3 aromatic heterocycles. The predicted molar refractivity (Wildman–Crippen MR) is 142 cm³/mol. The number of ether oxygens (including phenoxy) is 1. The molecule has 2 saturated heterocycles. The minimum atomic E-state index is -0.581. The zero-order valence-electron chi connectivity index (χ0n) is 20.8. The third-order valence-corrected chi connectivity index (χ3v) is 7.37. The van der Waals surface area contributed by atoms with Crippen LogP contribution < -0.4 is 15.0 Å². The van der Waals surface area contributed by atoms with Crippen LogP contribution in [-0.4, -0.2) is 54.8 Å². The fourth-order valence-corrected chi connectivity index (χ4v) is 5.66. The normalized spacial score (nSPS) is 18.9. The summed E-state index contributed by atoms with van der Waals surface area (Å²) in [6.07, 6.45) is 7.39. The summed E-state index contributed by atoms with van der Waals surface area (Å²) in [5.41, 5.74) is 1.47. The van der Waals surface area contributed by atoms with Gasteiger partial charge in [-0.3, -0.25) is 4.98 Å². The first kappa shape index (κ1) is 22.9. The van der Waals surface area contributed by atoms with Crippen LogP contribution in [0.25, 0.3) is 32.9 Å². The van der Waals surface area contributed by atoms with Gasteiger partial charge in [-0.15, -0.1) is 0 Å². The van der Waals surface area contributed by atoms with Gasteiger partial charge in [0.15, 0.2) is 5.82 Å². The molecule has 2 unspecified atom stereocenters. The molecule has 0 amide bonds. The SMILES string of the molecule is Cn1cnc(COc2nc(N3CC4CCC(C3)N4)c3cnc(-c4cc(O)cc5ccccc45)c(F)c3n2)c1. The maximum Gasteiger partial charge on any atom is 0.319 e. The summed E-state index contributed by atoms with van der Waals surface area (Å²) in [4.78, 5) is 20.3. The molecule has 2 fully saturated rings. The van der Waals surface area contributed by atoms with E-state index < -0.39 is 5.82 Å². The number of hydrogen-bond donors (Lipinski definition) is 2. The van der Waals surface area contributed by atoms with Gasteiger partial charge in [0.05, 0.1) is 17.4 Å². The summed E-state index contributed by atoms with van der Waals surface area (Å²) in [6, 6.07) is 11.5. The summed E-state index contributed by atoms with van der Waals surface area (Å²) in [5.74, 6) is 0.0740. The number of nitrogens with zero attached hydrogens (tertiary/aromatic N) is 6. The van der Waals surface area contributed by atoms with Gasteiger partial charge in [-0.1, -0.05) is 24.3 Å². The highest BCUT2D eigenvalue weighted by atomic mass is 19.1. The lowest BCUT2D eigenvalue weighted by Gasteiger charge is -2.34. The van der Waals surface area contributed by atoms with Crippen molar-refractivity contribution in [1.29, 1.82) is 0 Å². The van der Waals surface area contributed by atoms with Crippen molar-refractivity contribution in [2.24, 2.45) is 7.05 Å². The van der Waals surface area contributed by atoms with Gasteiger partial charge < -0.3 is 24.6 Å². The average Bonchev–Trinajstić information content (AvgIpc) is 3.50. The van der Waals surface area contributed by atoms with E-state index in [1.807, 2.05) is 42.1 Å². The molecule has 9 nitrogen and oxygen atoms in total. The molecule has 2 aliphatic rings. The molecule has 0 radical (unpaired) electrons. The molecule has 10 heteroatoms. The van der Waals surface area contributed by atoms with Crippen molar-refractivity contribution in [3.63, 3.8) is 0 Å². The highest BCUT2D eigenvalue weighted by molar-refractivity contribution is 5.99. The topological polar surface area (TPSA) is 101 Å². The Labute approximate surface area is 217 Å². The summed E-state index contributed by atoms with van der Waals surface area (Å²) < 4.78 is 24.1. The van der Waals surface area contributed by atoms with Crippen molar-refractivity contribution in [2.45, 2.75) is 31.5 Å². The fourth-order valence-electron chi connectivity index (χ4n) is 5.66. The first-order valence-corrected chi connectivity index (χ1v) is 12.7. The van der Waals surface area contributed by atoms with Crippen LogP contribution in [0.1, 0.15) is 18.5 Å². The van der Waals surface area contributed by atoms with E-state index in [9.17, 15) is 5.11 Å². The van der Waals surface area contributed by atoms with Crippen LogP contribution >= 0.6 is 0 Å². The number of aromatic nitrogens is 5. The molecule has 2 aliphatic heterocycles. The minimum Gasteiger partial charge on any atom is -0.508 e. The van der Waals surface area contributed by atoms with Crippen molar-refractivity contribution in [2.75, 3.05) is 18.0 Å². The van der Waals surface area contributed by atoms with Crippen molar-refractivity contribution >= 4 is 27.5 Å². The van der Waals surface area contributed by atoms with Crippen molar-refractivity contribution in [3.05, 3.63) is 66.6 Å². The number of fused-ring (bicyclic) bond motifs is 4. The Morgan fingerprint density at radius 3 is 2.68 bits per heavy atom. The van der Waals surface area contributed by atoms with Crippen molar-refractivity contribution in [1.82, 2.24) is 29.8 Å². The van der Waals surface area contributed by atoms with E-state index >= 15 is 4.39 Å². The number of hydrogen-bond acceptors (Lipinski definition) is 8. The smallest absolute Gasteiger partial charge is 0.319 e. The molecule has 0 aliphatic carbocycles. The number of piperazine rings is 1. The van der Waals surface area contributed by atoms with E-state index in [4.69, 9.17) is 9.72 Å². The van der Waals surface area contributed by atoms with Crippen LogP contribution in [0.5, 0.6) is 11.8 Å². The third kappa shape index (κ3) is 3.97. The molecule has 2 aromatic carbocycles. The molecule has 0 spiro atoms. The molecule has 5 heterocycles. The monoisotopic (exact) mass is 511 g/mol. The Morgan fingerprint density at radius 1 is 1.08 bits per heavy atom. The minimum absolute atomic E-state index is 0.0408. The van der Waals surface area contributed by atoms with Gasteiger partial charge in [0.1, 0.15) is 29.4 Å². The summed E-state index contributed by atoms with van der Waals surface area (Å²) in [7, 11) is 1.88. The molecule has 5 aromatic rings. The van der Waals surface area contributed by atoms with Gasteiger partial charge in [-0.2, -0.15) is 9.97 Å². The lowest BCUT2D eigenvalue weighted by atomic mass is 10.0. The van der Waals surface area contributed by atoms with Crippen LogP contribution in [-0.2, 0) is 13.7 Å². The first-order chi connectivity index (χ1) is 18.5. The third-order valence-electron chi connectivity index (χ3n) is 7.37. The predicted octanol–water partition coefficient (Wildman–Crippen LogP) is 3.94. The van der Waals surface area contributed by atoms with E-state index in [2.05, 4.69) is 25.2 Å². The Morgan fingerprint density at radius 2 is 1.89 bits per heavy atom. The lowest BCUT2D eigenvalue weighted by molar-refractivity contribution is 0.277. The van der Waals surface area contributed by atoms with Crippen LogP contribution in [0.15, 0.2) is 55.1 Å². The second-order valence-corrected chi connectivity index (χ2v) is 10.1. The molecule has 7 rings (SSSR count). The maximum absolute atomic E-state index is 16.3. The largest absolute Gasteiger partial charge is 0.508 e. The molecule has 2 atom stereocenters. The number of benzene rings is 2. The van der Waals surface area contributed by atoms with E-state index in [-0.39, 0.29) is 29.6 Å². The second kappa shape index (κ2) is 8.91. The summed E-state index contributed by atoms with van der Waals surface area (Å²) >= 11 is 0. The molecule has 0 saturated carbocycles. The van der Waals surface area contributed by atoms with Crippen LogP contribution in [0.4, 0.5) is 10.2 Å². The van der Waals surface area contributed by atoms with Gasteiger partial charge in [0.25, 0.3) is 0 Å². The van der Waals surface area contributed by atoms with Crippen LogP contribution in [0, 0.1) is 5.82 Å². The summed E-state index contributed by atoms with van der Waals surface area (Å²) in [5, 5.41) is 16.1. The quantitative estimate of drug-likeness (QED) is 0.366.